The van der Waals surface area contributed by atoms with Gasteiger partial charge in [0, 0.05) is 10.8 Å². The van der Waals surface area contributed by atoms with E-state index >= 15 is 0 Å². The molecule has 12 heteroatoms. The van der Waals surface area contributed by atoms with E-state index in [4.69, 9.17) is 28.9 Å². The number of hydrogen-bond acceptors (Lipinski definition) is 10. The van der Waals surface area contributed by atoms with Crippen LogP contribution in [0.5, 0.6) is 23.0 Å². The van der Waals surface area contributed by atoms with Crippen LogP contribution in [0.3, 0.4) is 0 Å². The molecule has 0 unspecified atom stereocenters. The molecule has 7 rings (SSSR count). The zero-order chi connectivity index (χ0) is 67.6. The van der Waals surface area contributed by atoms with Gasteiger partial charge >= 0.3 is 11.4 Å². The van der Waals surface area contributed by atoms with Crippen molar-refractivity contribution in [3.63, 3.8) is 0 Å². The summed E-state index contributed by atoms with van der Waals surface area (Å²) in [6.45, 7) is 11.7. The molecule has 1 aromatic heterocycles. The summed E-state index contributed by atoms with van der Waals surface area (Å²) < 4.78 is 26.0. The summed E-state index contributed by atoms with van der Waals surface area (Å²) in [7, 11) is 0. The zero-order valence-corrected chi connectivity index (χ0v) is 59.6. The maximum atomic E-state index is 12.2. The summed E-state index contributed by atoms with van der Waals surface area (Å²) in [6.07, 6.45) is 59.2. The summed E-state index contributed by atoms with van der Waals surface area (Å²) >= 11 is 0. The Kier molecular flexibility index (Phi) is 36.1. The van der Waals surface area contributed by atoms with E-state index in [1.54, 1.807) is 0 Å². The average molecular weight is 1310 g/mol. The van der Waals surface area contributed by atoms with Crippen molar-refractivity contribution in [2.75, 3.05) is 26.4 Å². The molecule has 0 aliphatic rings. The maximum absolute atomic E-state index is 12.2. The lowest BCUT2D eigenvalue weighted by Crippen LogP contribution is -2.03. The predicted molar refractivity (Wildman–Crippen MR) is 405 cm³/mol. The van der Waals surface area contributed by atoms with Crippen LogP contribution in [0.1, 0.15) is 307 Å². The van der Waals surface area contributed by atoms with Crippen molar-refractivity contribution in [2.24, 2.45) is 0 Å². The first-order valence-corrected chi connectivity index (χ1v) is 38.3. The number of hydrogen-bond donors (Lipinski definition) is 0. The quantitative estimate of drug-likeness (QED) is 0.00900. The van der Waals surface area contributed by atoms with Crippen LogP contribution < -0.4 is 18.9 Å². The van der Waals surface area contributed by atoms with E-state index in [1.807, 2.05) is 24.3 Å². The molecule has 0 bridgehead atoms. The number of rotatable bonds is 54. The summed E-state index contributed by atoms with van der Waals surface area (Å²) in [5.41, 5.74) is 4.13. The summed E-state index contributed by atoms with van der Waals surface area (Å²) in [5, 5.41) is 27.7. The molecule has 1 heterocycles. The highest BCUT2D eigenvalue weighted by atomic mass is 16.6. The van der Waals surface area contributed by atoms with Gasteiger partial charge in [-0.3, -0.25) is 20.2 Å². The van der Waals surface area contributed by atoms with Gasteiger partial charge in [-0.25, -0.2) is 9.97 Å². The van der Waals surface area contributed by atoms with Crippen molar-refractivity contribution in [2.45, 2.75) is 285 Å². The van der Waals surface area contributed by atoms with E-state index < -0.39 is 21.2 Å². The Morgan fingerprint density at radius 1 is 0.292 bits per heavy atom. The molecule has 96 heavy (non-hydrogen) atoms. The molecule has 0 atom stereocenters. The van der Waals surface area contributed by atoms with Crippen LogP contribution in [0.15, 0.2) is 84.9 Å². The number of benzene rings is 6. The molecule has 522 valence electrons. The van der Waals surface area contributed by atoms with Crippen LogP contribution in [0, 0.1) is 20.2 Å². The Bertz CT molecular complexity index is 3240. The van der Waals surface area contributed by atoms with Crippen LogP contribution in [0.4, 0.5) is 11.4 Å². The minimum absolute atomic E-state index is 0.202. The first-order chi connectivity index (χ1) is 47.2. The highest BCUT2D eigenvalue weighted by Gasteiger charge is 2.27. The fraction of sp³-hybridized carbons (Fsp3) is 0.571. The van der Waals surface area contributed by atoms with Crippen LogP contribution >= 0.6 is 0 Å². The van der Waals surface area contributed by atoms with Gasteiger partial charge in [-0.15, -0.1) is 0 Å². The number of nitro groups is 2. The van der Waals surface area contributed by atoms with Crippen molar-refractivity contribution in [3.8, 4) is 23.0 Å². The molecule has 0 amide bonds. The molecule has 0 N–H and O–H groups in total. The van der Waals surface area contributed by atoms with Gasteiger partial charge in [0.05, 0.1) is 70.5 Å². The topological polar surface area (TPSA) is 149 Å². The van der Waals surface area contributed by atoms with Gasteiger partial charge in [-0.05, 0) is 95.1 Å². The van der Waals surface area contributed by atoms with Crippen LogP contribution in [0.2, 0.25) is 0 Å². The van der Waals surface area contributed by atoms with Gasteiger partial charge in [-0.2, -0.15) is 0 Å². The normalized spacial score (nSPS) is 11.8. The number of aromatic nitrogens is 2. The van der Waals surface area contributed by atoms with Crippen molar-refractivity contribution in [1.82, 2.24) is 9.97 Å². The number of nitro benzene ring substituents is 2. The molecule has 0 radical (unpaired) electrons. The fourth-order valence-corrected chi connectivity index (χ4v) is 13.1. The van der Waals surface area contributed by atoms with Gasteiger partial charge in [0.15, 0.2) is 23.0 Å². The Balaban J connectivity index is 1.13. The molecule has 7 aromatic rings. The third-order valence-corrected chi connectivity index (χ3v) is 18.9. The summed E-state index contributed by atoms with van der Waals surface area (Å²) in [5.74, 6) is 3.11. The Hall–Kier alpha value is -7.08. The van der Waals surface area contributed by atoms with Crippen molar-refractivity contribution < 1.29 is 28.8 Å². The molecular weight excluding hydrogens is 1190 g/mol. The highest BCUT2D eigenvalue weighted by molar-refractivity contribution is 6.24. The molecule has 0 saturated heterocycles. The smallest absolute Gasteiger partial charge is 0.348 e. The minimum Gasteiger partial charge on any atom is -0.490 e. The zero-order valence-electron chi connectivity index (χ0n) is 59.6. The molecular formula is C84H118N4O8. The molecule has 6 aromatic carbocycles. The van der Waals surface area contributed by atoms with E-state index in [0.717, 1.165) is 130 Å². The Morgan fingerprint density at radius 3 is 0.802 bits per heavy atom. The van der Waals surface area contributed by atoms with E-state index in [9.17, 15) is 20.2 Å². The van der Waals surface area contributed by atoms with Crippen molar-refractivity contribution in [3.05, 3.63) is 127 Å². The van der Waals surface area contributed by atoms with E-state index in [1.165, 1.54) is 205 Å². The maximum Gasteiger partial charge on any atom is 0.348 e. The van der Waals surface area contributed by atoms with Gasteiger partial charge in [-0.1, -0.05) is 320 Å². The Labute approximate surface area is 576 Å². The van der Waals surface area contributed by atoms with E-state index in [2.05, 4.69) is 101 Å². The molecule has 0 aliphatic carbocycles. The number of fused-ring (bicyclic) bond motifs is 7. The predicted octanol–water partition coefficient (Wildman–Crippen LogP) is 26.4. The summed E-state index contributed by atoms with van der Waals surface area (Å²) in [4.78, 5) is 32.8. The number of ether oxygens (including phenoxy) is 4. The number of unbranched alkanes of at least 4 members (excludes halogenated alkanes) is 36. The van der Waals surface area contributed by atoms with Crippen molar-refractivity contribution in [1.29, 1.82) is 0 Å². The minimum atomic E-state index is -0.737. The summed E-state index contributed by atoms with van der Waals surface area (Å²) in [6, 6.07) is 27.3. The standard InChI is InChI=1S/C84H118N4O8/c1-5-9-13-17-21-25-29-33-37-41-57-93-79-55-51-69(63-81(79)95-59-43-39-35-31-27-23-19-15-11-7-3)47-45-67-49-53-71-73(61-67)74-62-68(50-54-72(74)84-83(71)85-75-65-77(87(89)90)78(88(91)92)66-76(75)86-84)46-48-70-52-56-80(94-58-42-38-34-30-26-22-18-14-10-6-2)82(64-70)96-60-44-40-36-32-28-24-20-16-12-8-4/h45-56,61-66H,5-44,57-60H2,1-4H3/b47-45+,48-46+. The first-order valence-electron chi connectivity index (χ1n) is 38.3. The average Bonchev–Trinajstić information content (AvgIpc) is 0.731. The third-order valence-electron chi connectivity index (χ3n) is 18.9. The van der Waals surface area contributed by atoms with Gasteiger partial charge in [0.25, 0.3) is 0 Å². The fourth-order valence-electron chi connectivity index (χ4n) is 13.1. The van der Waals surface area contributed by atoms with Gasteiger partial charge in [0.1, 0.15) is 0 Å². The van der Waals surface area contributed by atoms with Crippen molar-refractivity contribution >= 4 is 79.3 Å². The number of nitrogens with zero attached hydrogens (tertiary/aromatic N) is 4. The monoisotopic (exact) mass is 1310 g/mol. The lowest BCUT2D eigenvalue weighted by atomic mass is 9.95. The second-order valence-electron chi connectivity index (χ2n) is 27.1. The van der Waals surface area contributed by atoms with Gasteiger partial charge in [0.2, 0.25) is 0 Å². The Morgan fingerprint density at radius 2 is 0.531 bits per heavy atom. The molecule has 0 aliphatic heterocycles. The lowest BCUT2D eigenvalue weighted by molar-refractivity contribution is -0.422. The van der Waals surface area contributed by atoms with Crippen LogP contribution in [-0.4, -0.2) is 46.2 Å². The molecule has 0 spiro atoms. The molecule has 0 saturated carbocycles. The molecule has 12 nitrogen and oxygen atoms in total. The molecule has 0 fully saturated rings. The first kappa shape index (κ1) is 76.3. The third kappa shape index (κ3) is 26.7. The highest BCUT2D eigenvalue weighted by Crippen LogP contribution is 2.39. The lowest BCUT2D eigenvalue weighted by Gasteiger charge is -2.14. The SMILES string of the molecule is CCCCCCCCCCCCOc1ccc(/C=C/c2ccc3c(c2)c2cc(/C=C/c4ccc(OCCCCCCCCCCCC)c(OCCCCCCCCCCCC)c4)ccc2c2nc4cc([N+](=O)[O-])c([N+](=O)[O-])cc4nc32)cc1OCCCCCCCCCCCC. The van der Waals surface area contributed by atoms with E-state index in [0.29, 0.717) is 37.5 Å². The largest absolute Gasteiger partial charge is 0.490 e. The second-order valence-corrected chi connectivity index (χ2v) is 27.1. The second kappa shape index (κ2) is 45.4. The van der Waals surface area contributed by atoms with E-state index in [-0.39, 0.29) is 11.0 Å². The van der Waals surface area contributed by atoms with Crippen LogP contribution in [-0.2, 0) is 0 Å². The van der Waals surface area contributed by atoms with Gasteiger partial charge < -0.3 is 18.9 Å². The van der Waals surface area contributed by atoms with Crippen LogP contribution in [0.25, 0.3) is 67.9 Å².